The SMILES string of the molecule is O=S1(F)(F)c2ccccc2-c2ccccc21. The first kappa shape index (κ1) is 9.66. The lowest BCUT2D eigenvalue weighted by Gasteiger charge is -2.20. The van der Waals surface area contributed by atoms with E-state index in [1.807, 2.05) is 0 Å². The number of fused-ring (bicyclic) bond motifs is 3. The molecule has 16 heavy (non-hydrogen) atoms. The summed E-state index contributed by atoms with van der Waals surface area (Å²) < 4.78 is 40.2. The fourth-order valence-corrected chi connectivity index (χ4v) is 4.02. The molecule has 0 saturated heterocycles. The first-order valence-corrected chi connectivity index (χ1v) is 6.56. The van der Waals surface area contributed by atoms with Crippen LogP contribution in [0.3, 0.4) is 0 Å². The van der Waals surface area contributed by atoms with E-state index >= 15 is 0 Å². The summed E-state index contributed by atoms with van der Waals surface area (Å²) in [6.07, 6.45) is 0. The van der Waals surface area contributed by atoms with Crippen LogP contribution in [0.25, 0.3) is 11.1 Å². The van der Waals surface area contributed by atoms with Crippen molar-refractivity contribution in [3.63, 3.8) is 0 Å². The van der Waals surface area contributed by atoms with Crippen LogP contribution in [-0.2, 0) is 9.84 Å². The van der Waals surface area contributed by atoms with Crippen LogP contribution in [0, 0.1) is 0 Å². The lowest BCUT2D eigenvalue weighted by atomic mass is 10.1. The van der Waals surface area contributed by atoms with Gasteiger partial charge in [-0.2, -0.15) is 0 Å². The van der Waals surface area contributed by atoms with E-state index in [0.29, 0.717) is 11.1 Å². The Morgan fingerprint density at radius 2 is 1.12 bits per heavy atom. The van der Waals surface area contributed by atoms with Gasteiger partial charge in [0.05, 0.1) is 9.79 Å². The normalized spacial score (nSPS) is 21.5. The van der Waals surface area contributed by atoms with Crippen molar-refractivity contribution in [2.45, 2.75) is 9.79 Å². The Kier molecular flexibility index (Phi) is 1.56. The Balaban J connectivity index is 2.55. The second kappa shape index (κ2) is 2.58. The molecule has 0 saturated carbocycles. The molecule has 1 heterocycles. The number of rotatable bonds is 0. The van der Waals surface area contributed by atoms with Gasteiger partial charge in [0.25, 0.3) is 0 Å². The van der Waals surface area contributed by atoms with Crippen molar-refractivity contribution >= 4 is 9.84 Å². The molecule has 2 aromatic carbocycles. The van der Waals surface area contributed by atoms with Crippen LogP contribution in [0.5, 0.6) is 0 Å². The zero-order valence-corrected chi connectivity index (χ0v) is 9.01. The summed E-state index contributed by atoms with van der Waals surface area (Å²) in [5, 5.41) is 0. The molecule has 2 aromatic rings. The summed E-state index contributed by atoms with van der Waals surface area (Å²) in [6, 6.07) is 11.9. The third kappa shape index (κ3) is 0.998. The van der Waals surface area contributed by atoms with Gasteiger partial charge in [-0.3, -0.25) is 0 Å². The molecule has 1 nitrogen and oxygen atoms in total. The first-order chi connectivity index (χ1) is 7.49. The average molecular weight is 238 g/mol. The fraction of sp³-hybridized carbons (Fsp3) is 0. The molecule has 1 aliphatic heterocycles. The van der Waals surface area contributed by atoms with E-state index in [1.54, 1.807) is 24.3 Å². The highest BCUT2D eigenvalue weighted by molar-refractivity contribution is 8.11. The van der Waals surface area contributed by atoms with Gasteiger partial charge in [-0.05, 0) is 12.1 Å². The maximum absolute atomic E-state index is 14.2. The van der Waals surface area contributed by atoms with Crippen LogP contribution in [-0.4, -0.2) is 4.21 Å². The maximum atomic E-state index is 14.2. The molecular formula is C12H8F2OS. The zero-order chi connectivity index (χ0) is 11.4. The summed E-state index contributed by atoms with van der Waals surface area (Å²) in [5.41, 5.74) is 0.750. The summed E-state index contributed by atoms with van der Waals surface area (Å²) in [7, 11) is -5.84. The molecule has 0 fully saturated rings. The molecule has 0 amide bonds. The van der Waals surface area contributed by atoms with Crippen molar-refractivity contribution in [2.24, 2.45) is 0 Å². The van der Waals surface area contributed by atoms with E-state index < -0.39 is 9.84 Å². The molecule has 4 heteroatoms. The molecule has 0 radical (unpaired) electrons. The van der Waals surface area contributed by atoms with Crippen molar-refractivity contribution in [1.29, 1.82) is 0 Å². The topological polar surface area (TPSA) is 17.1 Å². The highest BCUT2D eigenvalue weighted by Gasteiger charge is 2.49. The molecule has 3 rings (SSSR count). The minimum absolute atomic E-state index is 0.347. The molecule has 0 unspecified atom stereocenters. The maximum Gasteiger partial charge on any atom is 0.210 e. The number of benzene rings is 2. The summed E-state index contributed by atoms with van der Waals surface area (Å²) in [6.45, 7) is 0. The molecule has 0 atom stereocenters. The van der Waals surface area contributed by atoms with E-state index in [9.17, 15) is 12.0 Å². The molecule has 0 spiro atoms. The monoisotopic (exact) mass is 238 g/mol. The average Bonchev–Trinajstić information content (AvgIpc) is 2.47. The van der Waals surface area contributed by atoms with E-state index in [4.69, 9.17) is 0 Å². The molecule has 82 valence electrons. The fourth-order valence-electron chi connectivity index (χ4n) is 2.09. The van der Waals surface area contributed by atoms with Gasteiger partial charge < -0.3 is 0 Å². The van der Waals surface area contributed by atoms with Gasteiger partial charge >= 0.3 is 0 Å². The Hall–Kier alpha value is -1.55. The standard InChI is InChI=1S/C12H8F2OS/c13-16(14,15)11-7-3-1-5-9(11)10-6-2-4-8-12(10)16/h1-8H. The van der Waals surface area contributed by atoms with Gasteiger partial charge in [0.15, 0.2) is 0 Å². The highest BCUT2D eigenvalue weighted by atomic mass is 32.3. The number of hydrogen-bond acceptors (Lipinski definition) is 1. The van der Waals surface area contributed by atoms with Gasteiger partial charge in [0.1, 0.15) is 0 Å². The molecule has 1 aliphatic rings. The van der Waals surface area contributed by atoms with Crippen molar-refractivity contribution in [1.82, 2.24) is 0 Å². The minimum Gasteiger partial charge on any atom is -0.213 e. The lowest BCUT2D eigenvalue weighted by molar-refractivity contribution is 0.544. The summed E-state index contributed by atoms with van der Waals surface area (Å²) in [4.78, 5) is -0.693. The van der Waals surface area contributed by atoms with Crippen LogP contribution in [0.15, 0.2) is 58.3 Å². The van der Waals surface area contributed by atoms with E-state index in [0.717, 1.165) is 0 Å². The quantitative estimate of drug-likeness (QED) is 0.640. The Bertz CT molecular complexity index is 606. The predicted octanol–water partition coefficient (Wildman–Crippen LogP) is 3.67. The molecule has 0 bridgehead atoms. The number of halogens is 2. The van der Waals surface area contributed by atoms with Gasteiger partial charge in [0, 0.05) is 11.1 Å². The van der Waals surface area contributed by atoms with Crippen LogP contribution in [0.2, 0.25) is 0 Å². The largest absolute Gasteiger partial charge is 0.213 e. The van der Waals surface area contributed by atoms with Crippen molar-refractivity contribution in [2.75, 3.05) is 0 Å². The van der Waals surface area contributed by atoms with Gasteiger partial charge in [0.2, 0.25) is 9.84 Å². The Morgan fingerprint density at radius 1 is 0.750 bits per heavy atom. The van der Waals surface area contributed by atoms with E-state index in [-0.39, 0.29) is 9.79 Å². The second-order valence-electron chi connectivity index (χ2n) is 3.75. The Morgan fingerprint density at radius 3 is 1.56 bits per heavy atom. The zero-order valence-electron chi connectivity index (χ0n) is 8.19. The third-order valence-electron chi connectivity index (χ3n) is 2.80. The summed E-state index contributed by atoms with van der Waals surface area (Å²) >= 11 is 0. The molecule has 0 N–H and O–H groups in total. The van der Waals surface area contributed by atoms with Crippen molar-refractivity contribution < 1.29 is 12.0 Å². The van der Waals surface area contributed by atoms with Crippen molar-refractivity contribution in [3.05, 3.63) is 48.5 Å². The summed E-state index contributed by atoms with van der Waals surface area (Å²) in [5.74, 6) is 0. The van der Waals surface area contributed by atoms with E-state index in [1.165, 1.54) is 24.3 Å². The van der Waals surface area contributed by atoms with Crippen LogP contribution < -0.4 is 0 Å². The minimum atomic E-state index is -5.84. The molecule has 0 aliphatic carbocycles. The third-order valence-corrected chi connectivity index (χ3v) is 4.97. The lowest BCUT2D eigenvalue weighted by Crippen LogP contribution is -2.16. The van der Waals surface area contributed by atoms with Crippen LogP contribution in [0.4, 0.5) is 7.77 Å². The van der Waals surface area contributed by atoms with Gasteiger partial charge in [-0.25, -0.2) is 4.21 Å². The smallest absolute Gasteiger partial charge is 0.210 e. The Labute approximate surface area is 91.7 Å². The number of hydrogen-bond donors (Lipinski definition) is 0. The van der Waals surface area contributed by atoms with Gasteiger partial charge in [-0.1, -0.05) is 36.4 Å². The van der Waals surface area contributed by atoms with Crippen LogP contribution >= 0.6 is 0 Å². The molecule has 0 aromatic heterocycles. The molecular weight excluding hydrogens is 230 g/mol. The second-order valence-corrected chi connectivity index (χ2v) is 6.16. The van der Waals surface area contributed by atoms with Crippen molar-refractivity contribution in [3.8, 4) is 11.1 Å². The highest BCUT2D eigenvalue weighted by Crippen LogP contribution is 2.58. The predicted molar refractivity (Wildman–Crippen MR) is 58.8 cm³/mol. The van der Waals surface area contributed by atoms with Crippen LogP contribution in [0.1, 0.15) is 0 Å². The van der Waals surface area contributed by atoms with Gasteiger partial charge in [-0.15, -0.1) is 7.77 Å². The van der Waals surface area contributed by atoms with E-state index in [2.05, 4.69) is 0 Å². The first-order valence-electron chi connectivity index (χ1n) is 4.79.